The number of benzene rings is 1. The van der Waals surface area contributed by atoms with E-state index in [4.69, 9.17) is 9.47 Å². The molecule has 0 spiro atoms. The normalized spacial score (nSPS) is 10.9. The zero-order valence-corrected chi connectivity index (χ0v) is 22.0. The van der Waals surface area contributed by atoms with Gasteiger partial charge in [-0.1, -0.05) is 75.5 Å². The minimum Gasteiger partial charge on any atom is -0.493 e. The molecule has 0 saturated carbocycles. The maximum Gasteiger partial charge on any atom is 0.424 e. The highest BCUT2D eigenvalue weighted by Crippen LogP contribution is 2.25. The Bertz CT molecular complexity index is 1140. The molecule has 3 aromatic rings. The summed E-state index contributed by atoms with van der Waals surface area (Å²) in [5.41, 5.74) is 3.10. The van der Waals surface area contributed by atoms with E-state index in [9.17, 15) is 14.7 Å². The summed E-state index contributed by atoms with van der Waals surface area (Å²) in [7, 11) is 0. The van der Waals surface area contributed by atoms with E-state index in [2.05, 4.69) is 24.9 Å². The third kappa shape index (κ3) is 8.22. The lowest BCUT2D eigenvalue weighted by Crippen LogP contribution is -2.23. The van der Waals surface area contributed by atoms with Crippen LogP contribution >= 0.6 is 11.3 Å². The SMILES string of the molecule is CCCCCCCCOC(=O)n1c(O)c(Cc2ccc(OCCc3ccc(CC)cn3)cc2)sc1=O. The van der Waals surface area contributed by atoms with E-state index in [1.165, 1.54) is 24.8 Å². The van der Waals surface area contributed by atoms with Gasteiger partial charge in [0.2, 0.25) is 5.88 Å². The highest BCUT2D eigenvalue weighted by molar-refractivity contribution is 7.09. The first-order chi connectivity index (χ1) is 17.5. The van der Waals surface area contributed by atoms with Crippen molar-refractivity contribution in [2.24, 2.45) is 0 Å². The molecule has 0 atom stereocenters. The van der Waals surface area contributed by atoms with Crippen LogP contribution in [0.15, 0.2) is 47.4 Å². The zero-order valence-electron chi connectivity index (χ0n) is 21.2. The number of aromatic nitrogens is 2. The molecule has 194 valence electrons. The Morgan fingerprint density at radius 3 is 2.39 bits per heavy atom. The monoisotopic (exact) mass is 512 g/mol. The van der Waals surface area contributed by atoms with Gasteiger partial charge in [0.1, 0.15) is 5.75 Å². The van der Waals surface area contributed by atoms with E-state index >= 15 is 0 Å². The van der Waals surface area contributed by atoms with Crippen LogP contribution in [0.5, 0.6) is 11.6 Å². The minimum atomic E-state index is -0.823. The number of pyridine rings is 1. The number of aromatic hydroxyl groups is 1. The minimum absolute atomic E-state index is 0.240. The van der Waals surface area contributed by atoms with Crippen molar-refractivity contribution in [3.8, 4) is 11.6 Å². The second-order valence-corrected chi connectivity index (χ2v) is 9.81. The third-order valence-corrected chi connectivity index (χ3v) is 6.90. The molecule has 1 N–H and O–H groups in total. The molecule has 0 radical (unpaired) electrons. The summed E-state index contributed by atoms with van der Waals surface area (Å²) in [5, 5.41) is 10.5. The van der Waals surface area contributed by atoms with Gasteiger partial charge < -0.3 is 14.6 Å². The van der Waals surface area contributed by atoms with Crippen LogP contribution in [-0.2, 0) is 24.0 Å². The topological polar surface area (TPSA) is 90.7 Å². The third-order valence-electron chi connectivity index (χ3n) is 5.97. The summed E-state index contributed by atoms with van der Waals surface area (Å²) >= 11 is 0.854. The van der Waals surface area contributed by atoms with Crippen LogP contribution in [0.1, 0.15) is 74.1 Å². The number of ether oxygens (including phenoxy) is 2. The molecule has 1 aromatic carbocycles. The number of carbonyl (C=O) groups excluding carboxylic acids is 1. The standard InChI is InChI=1S/C28H36N2O5S/c1-3-5-6-7-8-9-17-35-27(32)30-26(31)25(36-28(30)33)19-22-11-14-24(15-12-22)34-18-16-23-13-10-21(4-2)20-29-23/h10-15,20,31H,3-9,16-19H2,1-2H3. The summed E-state index contributed by atoms with van der Waals surface area (Å²) in [4.78, 5) is 29.0. The Kier molecular flexibility index (Phi) is 11.0. The van der Waals surface area contributed by atoms with Gasteiger partial charge in [-0.3, -0.25) is 9.78 Å². The van der Waals surface area contributed by atoms with Gasteiger partial charge in [0.15, 0.2) is 0 Å². The summed E-state index contributed by atoms with van der Waals surface area (Å²) in [6.07, 6.45) is 9.50. The lowest BCUT2D eigenvalue weighted by Gasteiger charge is -2.08. The Hall–Kier alpha value is -3.13. The molecule has 7 nitrogen and oxygen atoms in total. The number of nitrogens with zero attached hydrogens (tertiary/aromatic N) is 2. The van der Waals surface area contributed by atoms with Gasteiger partial charge in [-0.15, -0.1) is 0 Å². The first-order valence-electron chi connectivity index (χ1n) is 12.8. The van der Waals surface area contributed by atoms with Gasteiger partial charge in [-0.2, -0.15) is 4.57 Å². The van der Waals surface area contributed by atoms with Gasteiger partial charge >= 0.3 is 11.0 Å². The fourth-order valence-corrected chi connectivity index (χ4v) is 4.65. The molecule has 0 fully saturated rings. The van der Waals surface area contributed by atoms with Gasteiger partial charge in [0.05, 0.1) is 18.1 Å². The van der Waals surface area contributed by atoms with Crippen LogP contribution < -0.4 is 9.61 Å². The van der Waals surface area contributed by atoms with E-state index in [1.807, 2.05) is 36.5 Å². The summed E-state index contributed by atoms with van der Waals surface area (Å²) < 4.78 is 11.7. The number of hydrogen-bond acceptors (Lipinski definition) is 7. The van der Waals surface area contributed by atoms with Crippen LogP contribution in [0, 0.1) is 0 Å². The second-order valence-electron chi connectivity index (χ2n) is 8.76. The number of aryl methyl sites for hydroxylation is 1. The van der Waals surface area contributed by atoms with Crippen molar-refractivity contribution in [1.82, 2.24) is 9.55 Å². The van der Waals surface area contributed by atoms with Crippen molar-refractivity contribution in [2.75, 3.05) is 13.2 Å². The number of unbranched alkanes of at least 4 members (excludes halogenated alkanes) is 5. The van der Waals surface area contributed by atoms with Crippen molar-refractivity contribution in [2.45, 2.75) is 71.6 Å². The average molecular weight is 513 g/mol. The number of thiazole rings is 1. The van der Waals surface area contributed by atoms with Crippen molar-refractivity contribution in [1.29, 1.82) is 0 Å². The van der Waals surface area contributed by atoms with Crippen molar-refractivity contribution >= 4 is 17.4 Å². The van der Waals surface area contributed by atoms with Gasteiger partial charge in [0, 0.05) is 24.7 Å². The molecule has 0 saturated heterocycles. The van der Waals surface area contributed by atoms with Gasteiger partial charge in [0.25, 0.3) is 0 Å². The average Bonchev–Trinajstić information content (AvgIpc) is 3.17. The van der Waals surface area contributed by atoms with Gasteiger partial charge in [-0.05, 0) is 42.2 Å². The summed E-state index contributed by atoms with van der Waals surface area (Å²) in [6.45, 7) is 5.03. The number of carbonyl (C=O) groups is 1. The zero-order chi connectivity index (χ0) is 25.8. The lowest BCUT2D eigenvalue weighted by atomic mass is 10.1. The van der Waals surface area contributed by atoms with Crippen LogP contribution in [0.3, 0.4) is 0 Å². The molecule has 3 rings (SSSR count). The van der Waals surface area contributed by atoms with Crippen molar-refractivity contribution in [3.63, 3.8) is 0 Å². The van der Waals surface area contributed by atoms with E-state index < -0.39 is 11.0 Å². The first-order valence-corrected chi connectivity index (χ1v) is 13.6. The highest BCUT2D eigenvalue weighted by Gasteiger charge is 2.21. The molecule has 0 unspecified atom stereocenters. The summed E-state index contributed by atoms with van der Waals surface area (Å²) in [6, 6.07) is 11.6. The van der Waals surface area contributed by atoms with Gasteiger partial charge in [-0.25, -0.2) is 4.79 Å². The van der Waals surface area contributed by atoms with Crippen LogP contribution in [0.25, 0.3) is 0 Å². The molecule has 2 heterocycles. The molecule has 0 aliphatic heterocycles. The smallest absolute Gasteiger partial charge is 0.424 e. The van der Waals surface area contributed by atoms with Crippen molar-refractivity contribution in [3.05, 3.63) is 74.0 Å². The van der Waals surface area contributed by atoms with Crippen LogP contribution in [0.2, 0.25) is 0 Å². The predicted molar refractivity (Wildman–Crippen MR) is 142 cm³/mol. The maximum absolute atomic E-state index is 12.3. The van der Waals surface area contributed by atoms with E-state index in [0.29, 0.717) is 17.9 Å². The van der Waals surface area contributed by atoms with Crippen molar-refractivity contribution < 1.29 is 19.4 Å². The Labute approximate surface area is 216 Å². The molecular formula is C28H36N2O5S. The summed E-state index contributed by atoms with van der Waals surface area (Å²) in [5.74, 6) is 0.386. The predicted octanol–water partition coefficient (Wildman–Crippen LogP) is 6.13. The molecule has 36 heavy (non-hydrogen) atoms. The molecular weight excluding hydrogens is 476 g/mol. The molecule has 0 bridgehead atoms. The molecule has 0 amide bonds. The molecule has 0 aliphatic rings. The first kappa shape index (κ1) is 27.5. The Balaban J connectivity index is 1.47. The molecule has 0 aliphatic carbocycles. The maximum atomic E-state index is 12.3. The molecule has 2 aromatic heterocycles. The van der Waals surface area contributed by atoms with E-state index in [0.717, 1.165) is 65.0 Å². The number of hydrogen-bond donors (Lipinski definition) is 1. The van der Waals surface area contributed by atoms with E-state index in [1.54, 1.807) is 0 Å². The van der Waals surface area contributed by atoms with Crippen LogP contribution in [-0.4, -0.2) is 34.0 Å². The largest absolute Gasteiger partial charge is 0.493 e. The quantitative estimate of drug-likeness (QED) is 0.261. The molecule has 8 heteroatoms. The fourth-order valence-electron chi connectivity index (χ4n) is 3.76. The lowest BCUT2D eigenvalue weighted by molar-refractivity contribution is 0.142. The Morgan fingerprint density at radius 1 is 0.972 bits per heavy atom. The van der Waals surface area contributed by atoms with E-state index in [-0.39, 0.29) is 12.5 Å². The second kappa shape index (κ2) is 14.4. The Morgan fingerprint density at radius 2 is 1.69 bits per heavy atom. The highest BCUT2D eigenvalue weighted by atomic mass is 32.1. The number of rotatable bonds is 14. The van der Waals surface area contributed by atoms with Crippen LogP contribution in [0.4, 0.5) is 4.79 Å². The fraction of sp³-hybridized carbons (Fsp3) is 0.464.